The first-order valence-corrected chi connectivity index (χ1v) is 9.98. The number of urea groups is 1. The Hall–Kier alpha value is -2.41. The van der Waals surface area contributed by atoms with Crippen LogP contribution in [0.4, 0.5) is 14.9 Å². The van der Waals surface area contributed by atoms with Crippen LogP contribution in [0.2, 0.25) is 5.15 Å². The van der Waals surface area contributed by atoms with Gasteiger partial charge in [-0.3, -0.25) is 4.98 Å². The number of anilines is 1. The van der Waals surface area contributed by atoms with Crippen LogP contribution in [0.1, 0.15) is 17.5 Å². The van der Waals surface area contributed by atoms with E-state index in [4.69, 9.17) is 11.6 Å². The molecule has 4 heterocycles. The molecule has 1 aliphatic carbocycles. The number of aromatic nitrogens is 2. The third kappa shape index (κ3) is 3.17. The maximum Gasteiger partial charge on any atom is 0.318 e. The standard InChI is InChI=1S/C20H21ClFN5O/c21-19-5-18(17(22)7-25-19)26-10-15-14(16(15)11-26)2-4-24-20(28)27-8-12-1-3-23-6-13(12)9-27/h1,3,5-7,14-16H,2,4,8-11H2,(H,24,28). The molecule has 2 atom stereocenters. The van der Waals surface area contributed by atoms with Crippen LogP contribution in [-0.4, -0.2) is 40.5 Å². The molecule has 6 nitrogen and oxygen atoms in total. The summed E-state index contributed by atoms with van der Waals surface area (Å²) in [7, 11) is 0. The summed E-state index contributed by atoms with van der Waals surface area (Å²) in [6, 6.07) is 3.55. The molecule has 28 heavy (non-hydrogen) atoms. The molecule has 2 amide bonds. The fraction of sp³-hybridized carbons (Fsp3) is 0.450. The number of nitrogens with one attached hydrogen (secondary N) is 1. The van der Waals surface area contributed by atoms with E-state index in [-0.39, 0.29) is 11.8 Å². The number of amides is 2. The lowest BCUT2D eigenvalue weighted by atomic mass is 10.2. The molecule has 0 spiro atoms. The predicted molar refractivity (Wildman–Crippen MR) is 103 cm³/mol. The monoisotopic (exact) mass is 401 g/mol. The van der Waals surface area contributed by atoms with E-state index in [0.717, 1.165) is 25.1 Å². The normalized spacial score (nSPS) is 24.9. The molecule has 0 bridgehead atoms. The van der Waals surface area contributed by atoms with Crippen molar-refractivity contribution in [1.29, 1.82) is 0 Å². The average molecular weight is 402 g/mol. The summed E-state index contributed by atoms with van der Waals surface area (Å²) in [6.45, 7) is 3.63. The lowest BCUT2D eigenvalue weighted by Crippen LogP contribution is -2.37. The highest BCUT2D eigenvalue weighted by molar-refractivity contribution is 6.29. The fourth-order valence-corrected chi connectivity index (χ4v) is 4.89. The van der Waals surface area contributed by atoms with E-state index in [1.54, 1.807) is 12.3 Å². The number of carbonyl (C=O) groups is 1. The number of halogens is 2. The summed E-state index contributed by atoms with van der Waals surface area (Å²) in [6.07, 6.45) is 5.75. The van der Waals surface area contributed by atoms with Crippen molar-refractivity contribution in [3.63, 3.8) is 0 Å². The minimum atomic E-state index is -0.323. The van der Waals surface area contributed by atoms with Gasteiger partial charge in [0, 0.05) is 51.2 Å². The van der Waals surface area contributed by atoms with E-state index in [1.165, 1.54) is 11.8 Å². The van der Waals surface area contributed by atoms with Crippen molar-refractivity contribution in [1.82, 2.24) is 20.2 Å². The minimum absolute atomic E-state index is 0.0165. The zero-order valence-corrected chi connectivity index (χ0v) is 16.1. The van der Waals surface area contributed by atoms with Gasteiger partial charge in [-0.1, -0.05) is 11.6 Å². The van der Waals surface area contributed by atoms with Gasteiger partial charge < -0.3 is 15.1 Å². The summed E-state index contributed by atoms with van der Waals surface area (Å²) in [4.78, 5) is 24.2. The molecule has 5 rings (SSSR count). The zero-order valence-electron chi connectivity index (χ0n) is 15.3. The Morgan fingerprint density at radius 2 is 2.04 bits per heavy atom. The molecular formula is C20H21ClFN5O. The van der Waals surface area contributed by atoms with E-state index < -0.39 is 0 Å². The van der Waals surface area contributed by atoms with Crippen LogP contribution in [0.15, 0.2) is 30.7 Å². The van der Waals surface area contributed by atoms with E-state index in [9.17, 15) is 9.18 Å². The van der Waals surface area contributed by atoms with Crippen LogP contribution in [0.25, 0.3) is 0 Å². The van der Waals surface area contributed by atoms with Gasteiger partial charge in [0.05, 0.1) is 11.9 Å². The molecule has 0 aromatic carbocycles. The van der Waals surface area contributed by atoms with Gasteiger partial charge in [0.15, 0.2) is 5.82 Å². The molecule has 3 aliphatic rings. The summed E-state index contributed by atoms with van der Waals surface area (Å²) in [5.41, 5.74) is 2.84. The van der Waals surface area contributed by atoms with Crippen molar-refractivity contribution in [3.05, 3.63) is 52.8 Å². The number of carbonyl (C=O) groups excluding carboxylic acids is 1. The number of pyridine rings is 2. The molecule has 146 valence electrons. The highest BCUT2D eigenvalue weighted by Crippen LogP contribution is 2.54. The molecule has 0 radical (unpaired) electrons. The van der Waals surface area contributed by atoms with Crippen molar-refractivity contribution < 1.29 is 9.18 Å². The molecule has 1 saturated carbocycles. The molecule has 8 heteroatoms. The largest absolute Gasteiger partial charge is 0.368 e. The molecule has 2 aliphatic heterocycles. The lowest BCUT2D eigenvalue weighted by Gasteiger charge is -2.22. The van der Waals surface area contributed by atoms with E-state index in [1.807, 2.05) is 17.2 Å². The van der Waals surface area contributed by atoms with E-state index >= 15 is 0 Å². The van der Waals surface area contributed by atoms with Gasteiger partial charge in [-0.15, -0.1) is 0 Å². The van der Waals surface area contributed by atoms with Crippen LogP contribution in [0.5, 0.6) is 0 Å². The second kappa shape index (κ2) is 6.88. The van der Waals surface area contributed by atoms with Gasteiger partial charge in [-0.25, -0.2) is 14.2 Å². The highest BCUT2D eigenvalue weighted by atomic mass is 35.5. The van der Waals surface area contributed by atoms with Gasteiger partial charge in [-0.05, 0) is 41.4 Å². The number of piperidine rings is 1. The first kappa shape index (κ1) is 17.7. The van der Waals surface area contributed by atoms with Gasteiger partial charge >= 0.3 is 6.03 Å². The number of nitrogens with zero attached hydrogens (tertiary/aromatic N) is 4. The second-order valence-corrected chi connectivity index (χ2v) is 8.26. The Morgan fingerprint density at radius 1 is 1.25 bits per heavy atom. The van der Waals surface area contributed by atoms with Gasteiger partial charge in [0.2, 0.25) is 0 Å². The first-order valence-electron chi connectivity index (χ1n) is 9.60. The Kier molecular flexibility index (Phi) is 4.34. The predicted octanol–water partition coefficient (Wildman–Crippen LogP) is 3.07. The number of fused-ring (bicyclic) bond motifs is 2. The minimum Gasteiger partial charge on any atom is -0.368 e. The Bertz CT molecular complexity index is 888. The Morgan fingerprint density at radius 3 is 2.82 bits per heavy atom. The van der Waals surface area contributed by atoms with Crippen molar-refractivity contribution in [2.24, 2.45) is 17.8 Å². The smallest absolute Gasteiger partial charge is 0.318 e. The maximum atomic E-state index is 14.0. The lowest BCUT2D eigenvalue weighted by molar-refractivity contribution is 0.198. The Balaban J connectivity index is 1.07. The second-order valence-electron chi connectivity index (χ2n) is 7.88. The highest BCUT2D eigenvalue weighted by Gasteiger charge is 2.55. The summed E-state index contributed by atoms with van der Waals surface area (Å²) in [5, 5.41) is 3.36. The fourth-order valence-electron chi connectivity index (χ4n) is 4.74. The molecule has 2 aromatic rings. The zero-order chi connectivity index (χ0) is 19.3. The molecular weight excluding hydrogens is 381 g/mol. The van der Waals surface area contributed by atoms with Gasteiger partial charge in [0.1, 0.15) is 5.15 Å². The van der Waals surface area contributed by atoms with E-state index in [2.05, 4.69) is 20.2 Å². The van der Waals surface area contributed by atoms with Crippen LogP contribution < -0.4 is 10.2 Å². The van der Waals surface area contributed by atoms with Crippen molar-refractivity contribution in [2.75, 3.05) is 24.5 Å². The quantitative estimate of drug-likeness (QED) is 0.800. The van der Waals surface area contributed by atoms with Crippen LogP contribution >= 0.6 is 11.6 Å². The van der Waals surface area contributed by atoms with Crippen LogP contribution in [-0.2, 0) is 13.1 Å². The summed E-state index contributed by atoms with van der Waals surface area (Å²) < 4.78 is 14.0. The SMILES string of the molecule is O=C(NCCC1C2CN(c3cc(Cl)ncc3F)CC12)N1Cc2ccncc2C1. The number of rotatable bonds is 4. The van der Waals surface area contributed by atoms with Crippen molar-refractivity contribution in [3.8, 4) is 0 Å². The topological polar surface area (TPSA) is 61.4 Å². The number of hydrogen-bond acceptors (Lipinski definition) is 4. The third-order valence-corrected chi connectivity index (χ3v) is 6.49. The first-order chi connectivity index (χ1) is 13.6. The average Bonchev–Trinajstić information content (AvgIpc) is 3.05. The van der Waals surface area contributed by atoms with Crippen LogP contribution in [0, 0.1) is 23.6 Å². The molecule has 2 fully saturated rings. The summed E-state index contributed by atoms with van der Waals surface area (Å²) >= 11 is 5.90. The summed E-state index contributed by atoms with van der Waals surface area (Å²) in [5.74, 6) is 1.43. The molecule has 2 aromatic heterocycles. The molecule has 1 saturated heterocycles. The van der Waals surface area contributed by atoms with Crippen LogP contribution in [0.3, 0.4) is 0 Å². The molecule has 2 unspecified atom stereocenters. The van der Waals surface area contributed by atoms with Crippen molar-refractivity contribution in [2.45, 2.75) is 19.5 Å². The number of hydrogen-bond donors (Lipinski definition) is 1. The van der Waals surface area contributed by atoms with Gasteiger partial charge in [0.25, 0.3) is 0 Å². The van der Waals surface area contributed by atoms with E-state index in [0.29, 0.717) is 48.2 Å². The van der Waals surface area contributed by atoms with Crippen molar-refractivity contribution >= 4 is 23.3 Å². The maximum absolute atomic E-state index is 14.0. The Labute approximate surface area is 167 Å². The third-order valence-electron chi connectivity index (χ3n) is 6.28. The molecule has 1 N–H and O–H groups in total. The van der Waals surface area contributed by atoms with Gasteiger partial charge in [-0.2, -0.15) is 0 Å².